The number of unbranched alkanes of at least 4 members (excludes halogenated alkanes) is 3. The molecule has 1 N–H and O–H groups in total. The number of carbonyl (C=O) groups excluding carboxylic acids is 1. The number of H-pyrrole nitrogens is 1. The van der Waals surface area contributed by atoms with Gasteiger partial charge < -0.3 is 4.98 Å². The second-order valence-corrected chi connectivity index (χ2v) is 5.54. The van der Waals surface area contributed by atoms with Gasteiger partial charge in [-0.25, -0.2) is 0 Å². The molecular formula is C15H18BrNO. The molecule has 0 radical (unpaired) electrons. The van der Waals surface area contributed by atoms with Crippen LogP contribution in [0.4, 0.5) is 0 Å². The van der Waals surface area contributed by atoms with Crippen molar-refractivity contribution in [1.82, 2.24) is 4.98 Å². The molecule has 2 rings (SSSR count). The fraction of sp³-hybridized carbons (Fsp3) is 0.400. The first-order chi connectivity index (χ1) is 8.72. The Balaban J connectivity index is 2.08. The minimum atomic E-state index is 0.250. The molecule has 1 aromatic heterocycles. The molecule has 0 saturated carbocycles. The fourth-order valence-electron chi connectivity index (χ4n) is 2.18. The molecule has 96 valence electrons. The molecule has 0 atom stereocenters. The van der Waals surface area contributed by atoms with Gasteiger partial charge >= 0.3 is 0 Å². The molecule has 0 amide bonds. The van der Waals surface area contributed by atoms with Gasteiger partial charge in [-0.1, -0.05) is 48.2 Å². The largest absolute Gasteiger partial charge is 0.360 e. The van der Waals surface area contributed by atoms with E-state index in [0.29, 0.717) is 6.42 Å². The molecule has 18 heavy (non-hydrogen) atoms. The number of Topliss-reactive ketones (excluding diaryl/α,β-unsaturated/α-hetero) is 1. The first-order valence-electron chi connectivity index (χ1n) is 6.52. The predicted octanol–water partition coefficient (Wildman–Crippen LogP) is 5.08. The Morgan fingerprint density at radius 1 is 1.28 bits per heavy atom. The molecule has 2 aromatic rings. The highest BCUT2D eigenvalue weighted by Crippen LogP contribution is 2.23. The van der Waals surface area contributed by atoms with Gasteiger partial charge in [-0.3, -0.25) is 4.79 Å². The number of nitrogens with one attached hydrogen (secondary N) is 1. The van der Waals surface area contributed by atoms with E-state index < -0.39 is 0 Å². The smallest absolute Gasteiger partial charge is 0.165 e. The topological polar surface area (TPSA) is 32.9 Å². The number of benzene rings is 1. The van der Waals surface area contributed by atoms with Crippen LogP contribution in [0.1, 0.15) is 49.4 Å². The van der Waals surface area contributed by atoms with Crippen LogP contribution in [0.15, 0.2) is 28.9 Å². The standard InChI is InChI=1S/C15H18BrNO/c1-2-3-4-5-6-15(18)13-10-17-14-9-11(16)7-8-12(13)14/h7-10,17H,2-6H2,1H3. The minimum absolute atomic E-state index is 0.250. The molecular weight excluding hydrogens is 290 g/mol. The molecule has 0 bridgehead atoms. The van der Waals surface area contributed by atoms with Gasteiger partial charge in [-0.15, -0.1) is 0 Å². The van der Waals surface area contributed by atoms with Crippen LogP contribution in [0.2, 0.25) is 0 Å². The summed E-state index contributed by atoms with van der Waals surface area (Å²) in [4.78, 5) is 15.3. The maximum Gasteiger partial charge on any atom is 0.165 e. The van der Waals surface area contributed by atoms with Gasteiger partial charge in [0.05, 0.1) is 0 Å². The van der Waals surface area contributed by atoms with Crippen molar-refractivity contribution in [2.75, 3.05) is 0 Å². The van der Waals surface area contributed by atoms with E-state index in [4.69, 9.17) is 0 Å². The molecule has 0 spiro atoms. The van der Waals surface area contributed by atoms with Crippen LogP contribution in [-0.2, 0) is 0 Å². The van der Waals surface area contributed by atoms with Crippen LogP contribution >= 0.6 is 15.9 Å². The number of hydrogen-bond donors (Lipinski definition) is 1. The molecule has 0 saturated heterocycles. The van der Waals surface area contributed by atoms with Crippen molar-refractivity contribution in [3.05, 3.63) is 34.4 Å². The molecule has 0 fully saturated rings. The lowest BCUT2D eigenvalue weighted by atomic mass is 10.0. The van der Waals surface area contributed by atoms with Crippen molar-refractivity contribution in [3.63, 3.8) is 0 Å². The second kappa shape index (κ2) is 6.19. The molecule has 1 aromatic carbocycles. The van der Waals surface area contributed by atoms with E-state index in [0.717, 1.165) is 33.8 Å². The average molecular weight is 308 g/mol. The van der Waals surface area contributed by atoms with Gasteiger partial charge in [0.15, 0.2) is 5.78 Å². The highest BCUT2D eigenvalue weighted by molar-refractivity contribution is 9.10. The lowest BCUT2D eigenvalue weighted by Gasteiger charge is -2.00. The maximum atomic E-state index is 12.1. The van der Waals surface area contributed by atoms with Crippen molar-refractivity contribution in [2.45, 2.75) is 39.0 Å². The zero-order valence-corrected chi connectivity index (χ0v) is 12.2. The molecule has 3 heteroatoms. The fourth-order valence-corrected chi connectivity index (χ4v) is 2.54. The molecule has 0 aliphatic rings. The summed E-state index contributed by atoms with van der Waals surface area (Å²) >= 11 is 3.43. The zero-order valence-electron chi connectivity index (χ0n) is 10.6. The van der Waals surface area contributed by atoms with Gasteiger partial charge in [0.25, 0.3) is 0 Å². The SMILES string of the molecule is CCCCCCC(=O)c1c[nH]c2cc(Br)ccc12. The second-order valence-electron chi connectivity index (χ2n) is 4.63. The number of aromatic amines is 1. The predicted molar refractivity (Wildman–Crippen MR) is 79.1 cm³/mol. The number of fused-ring (bicyclic) bond motifs is 1. The molecule has 1 heterocycles. The highest BCUT2D eigenvalue weighted by Gasteiger charge is 2.11. The number of halogens is 1. The first kappa shape index (κ1) is 13.3. The quantitative estimate of drug-likeness (QED) is 0.585. The Bertz CT molecular complexity index is 544. The zero-order chi connectivity index (χ0) is 13.0. The normalized spacial score (nSPS) is 11.0. The van der Waals surface area contributed by atoms with E-state index in [2.05, 4.69) is 27.8 Å². The Kier molecular flexibility index (Phi) is 4.59. The van der Waals surface area contributed by atoms with E-state index in [1.807, 2.05) is 24.4 Å². The number of carbonyl (C=O) groups is 1. The number of rotatable bonds is 6. The lowest BCUT2D eigenvalue weighted by Crippen LogP contribution is -1.97. The number of hydrogen-bond acceptors (Lipinski definition) is 1. The van der Waals surface area contributed by atoms with Gasteiger partial charge in [0.2, 0.25) is 0 Å². The Labute approximate surface area is 116 Å². The van der Waals surface area contributed by atoms with Crippen LogP contribution in [0.25, 0.3) is 10.9 Å². The van der Waals surface area contributed by atoms with Crippen molar-refractivity contribution in [3.8, 4) is 0 Å². The Morgan fingerprint density at radius 3 is 2.89 bits per heavy atom. The Hall–Kier alpha value is -1.09. The third-order valence-corrected chi connectivity index (χ3v) is 3.69. The highest BCUT2D eigenvalue weighted by atomic mass is 79.9. The van der Waals surface area contributed by atoms with E-state index in [1.54, 1.807) is 0 Å². The minimum Gasteiger partial charge on any atom is -0.360 e. The van der Waals surface area contributed by atoms with Crippen LogP contribution in [0.3, 0.4) is 0 Å². The van der Waals surface area contributed by atoms with Crippen molar-refractivity contribution < 1.29 is 4.79 Å². The van der Waals surface area contributed by atoms with Crippen molar-refractivity contribution >= 4 is 32.6 Å². The monoisotopic (exact) mass is 307 g/mol. The van der Waals surface area contributed by atoms with E-state index >= 15 is 0 Å². The Morgan fingerprint density at radius 2 is 2.11 bits per heavy atom. The van der Waals surface area contributed by atoms with Crippen molar-refractivity contribution in [2.24, 2.45) is 0 Å². The van der Waals surface area contributed by atoms with Gasteiger partial charge in [0.1, 0.15) is 0 Å². The van der Waals surface area contributed by atoms with Gasteiger partial charge in [0, 0.05) is 33.6 Å². The maximum absolute atomic E-state index is 12.1. The van der Waals surface area contributed by atoms with E-state index in [1.165, 1.54) is 12.8 Å². The van der Waals surface area contributed by atoms with E-state index in [-0.39, 0.29) is 5.78 Å². The van der Waals surface area contributed by atoms with Crippen LogP contribution in [-0.4, -0.2) is 10.8 Å². The molecule has 0 aliphatic carbocycles. The summed E-state index contributed by atoms with van der Waals surface area (Å²) in [6, 6.07) is 5.97. The number of aromatic nitrogens is 1. The summed E-state index contributed by atoms with van der Waals surface area (Å²) in [6.07, 6.45) is 7.05. The van der Waals surface area contributed by atoms with Crippen LogP contribution < -0.4 is 0 Å². The summed E-state index contributed by atoms with van der Waals surface area (Å²) in [5.74, 6) is 0.250. The van der Waals surface area contributed by atoms with Crippen LogP contribution in [0.5, 0.6) is 0 Å². The third-order valence-electron chi connectivity index (χ3n) is 3.20. The molecule has 2 nitrogen and oxygen atoms in total. The summed E-state index contributed by atoms with van der Waals surface area (Å²) < 4.78 is 1.03. The third kappa shape index (κ3) is 3.02. The van der Waals surface area contributed by atoms with Gasteiger partial charge in [-0.2, -0.15) is 0 Å². The first-order valence-corrected chi connectivity index (χ1v) is 7.31. The summed E-state index contributed by atoms with van der Waals surface area (Å²) in [5, 5.41) is 1.03. The summed E-state index contributed by atoms with van der Waals surface area (Å²) in [6.45, 7) is 2.18. The number of ketones is 1. The summed E-state index contributed by atoms with van der Waals surface area (Å²) in [7, 11) is 0. The average Bonchev–Trinajstić information content (AvgIpc) is 2.77. The van der Waals surface area contributed by atoms with Gasteiger partial charge in [-0.05, 0) is 18.6 Å². The molecule has 0 unspecified atom stereocenters. The van der Waals surface area contributed by atoms with Crippen molar-refractivity contribution in [1.29, 1.82) is 0 Å². The van der Waals surface area contributed by atoms with Crippen LogP contribution in [0, 0.1) is 0 Å². The van der Waals surface area contributed by atoms with E-state index in [9.17, 15) is 4.79 Å². The summed E-state index contributed by atoms with van der Waals surface area (Å²) in [5.41, 5.74) is 1.84. The molecule has 0 aliphatic heterocycles. The lowest BCUT2D eigenvalue weighted by molar-refractivity contribution is 0.0981.